The number of hydrogen-bond donors (Lipinski definition) is 0. The molecule has 0 aliphatic carbocycles. The first-order valence-corrected chi connectivity index (χ1v) is 18.0. The molecule has 0 radical (unpaired) electrons. The lowest BCUT2D eigenvalue weighted by Crippen LogP contribution is -1.95. The lowest BCUT2D eigenvalue weighted by molar-refractivity contribution is 1.61. The van der Waals surface area contributed by atoms with E-state index >= 15 is 0 Å². The van der Waals surface area contributed by atoms with E-state index in [9.17, 15) is 0 Å². The molecule has 0 atom stereocenters. The first kappa shape index (κ1) is 30.1. The zero-order valence-electron chi connectivity index (χ0n) is 28.6. The Kier molecular flexibility index (Phi) is 7.25. The molecule has 10 aromatic rings. The second kappa shape index (κ2) is 12.5. The third kappa shape index (κ3) is 5.16. The molecule has 0 aromatic heterocycles. The molecular weight excluding hydrogens is 625 g/mol. The van der Waals surface area contributed by atoms with Gasteiger partial charge >= 0.3 is 0 Å². The van der Waals surface area contributed by atoms with Crippen LogP contribution in [-0.2, 0) is 0 Å². The first-order chi connectivity index (χ1) is 25.8. The summed E-state index contributed by atoms with van der Waals surface area (Å²) in [6.45, 7) is 0. The van der Waals surface area contributed by atoms with Crippen LogP contribution in [0.2, 0.25) is 0 Å². The van der Waals surface area contributed by atoms with E-state index in [1.54, 1.807) is 0 Å². The molecule has 0 N–H and O–H groups in total. The summed E-state index contributed by atoms with van der Waals surface area (Å²) < 4.78 is 0. The fraction of sp³-hybridized carbons (Fsp3) is 0. The van der Waals surface area contributed by atoms with Crippen molar-refractivity contribution in [2.45, 2.75) is 0 Å². The Bertz CT molecular complexity index is 2920. The van der Waals surface area contributed by atoms with Gasteiger partial charge < -0.3 is 0 Å². The van der Waals surface area contributed by atoms with E-state index in [0.29, 0.717) is 0 Å². The molecule has 10 rings (SSSR count). The summed E-state index contributed by atoms with van der Waals surface area (Å²) in [6, 6.07) is 75.8. The lowest BCUT2D eigenvalue weighted by atomic mass is 9.81. The van der Waals surface area contributed by atoms with Crippen LogP contribution >= 0.6 is 0 Å². The van der Waals surface area contributed by atoms with E-state index in [0.717, 1.165) is 0 Å². The Balaban J connectivity index is 1.40. The second-order valence-electron chi connectivity index (χ2n) is 13.7. The van der Waals surface area contributed by atoms with Crippen LogP contribution in [0, 0.1) is 0 Å². The zero-order chi connectivity index (χ0) is 34.4. The van der Waals surface area contributed by atoms with Crippen LogP contribution in [0.4, 0.5) is 0 Å². The summed E-state index contributed by atoms with van der Waals surface area (Å²) in [4.78, 5) is 0. The van der Waals surface area contributed by atoms with Crippen molar-refractivity contribution in [3.05, 3.63) is 206 Å². The van der Waals surface area contributed by atoms with Gasteiger partial charge in [0.05, 0.1) is 0 Å². The maximum atomic E-state index is 2.43. The smallest absolute Gasteiger partial charge is 0.00197 e. The van der Waals surface area contributed by atoms with Gasteiger partial charge in [-0.3, -0.25) is 0 Å². The molecule has 0 saturated heterocycles. The molecule has 0 amide bonds. The van der Waals surface area contributed by atoms with Crippen molar-refractivity contribution in [1.29, 1.82) is 0 Å². The highest BCUT2D eigenvalue weighted by Crippen LogP contribution is 2.49. The van der Waals surface area contributed by atoms with Crippen LogP contribution in [0.25, 0.3) is 98.7 Å². The van der Waals surface area contributed by atoms with Crippen LogP contribution in [0.15, 0.2) is 206 Å². The maximum Gasteiger partial charge on any atom is -0.00197 e. The number of fused-ring (bicyclic) bond motifs is 4. The Morgan fingerprint density at radius 3 is 1.19 bits per heavy atom. The summed E-state index contributed by atoms with van der Waals surface area (Å²) in [5.74, 6) is 0. The highest BCUT2D eigenvalue weighted by Gasteiger charge is 2.21. The van der Waals surface area contributed by atoms with Crippen molar-refractivity contribution in [2.24, 2.45) is 0 Å². The fourth-order valence-corrected chi connectivity index (χ4v) is 8.10. The molecule has 0 spiro atoms. The van der Waals surface area contributed by atoms with E-state index in [1.807, 2.05) is 0 Å². The molecule has 0 aliphatic rings. The Hall–Kier alpha value is -6.76. The molecule has 0 heteroatoms. The molecule has 10 aromatic carbocycles. The van der Waals surface area contributed by atoms with Gasteiger partial charge in [0.1, 0.15) is 0 Å². The molecule has 0 unspecified atom stereocenters. The van der Waals surface area contributed by atoms with Gasteiger partial charge in [-0.15, -0.1) is 0 Å². The Labute approximate surface area is 303 Å². The van der Waals surface area contributed by atoms with Crippen molar-refractivity contribution in [1.82, 2.24) is 0 Å². The number of rotatable bonds is 5. The molecule has 0 aliphatic heterocycles. The first-order valence-electron chi connectivity index (χ1n) is 18.0. The van der Waals surface area contributed by atoms with Crippen molar-refractivity contribution < 1.29 is 0 Å². The normalized spacial score (nSPS) is 11.5. The maximum absolute atomic E-state index is 2.43. The number of benzene rings is 10. The monoisotopic (exact) mass is 658 g/mol. The average Bonchev–Trinajstić information content (AvgIpc) is 3.22. The molecule has 0 nitrogen and oxygen atoms in total. The minimum atomic E-state index is 1.21. The highest BCUT2D eigenvalue weighted by atomic mass is 14.2. The predicted molar refractivity (Wildman–Crippen MR) is 224 cm³/mol. The van der Waals surface area contributed by atoms with E-state index in [2.05, 4.69) is 206 Å². The standard InChI is InChI=1S/C52H34/c1-4-14-35(15-5-1)42-27-29-46-48(33-42)51(44-25-24-37-18-10-11-21-39(37)30-44)45-28-26-43(36-16-6-2-7-17-36)34-49(45)52(46)50-32-41-23-13-12-22-40(41)31-47(50)38-19-8-3-9-20-38/h1-34H. The highest BCUT2D eigenvalue weighted by molar-refractivity contribution is 6.24. The average molecular weight is 659 g/mol. The minimum Gasteiger partial charge on any atom is -0.0622 e. The fourth-order valence-electron chi connectivity index (χ4n) is 8.10. The molecule has 0 saturated carbocycles. The second-order valence-corrected chi connectivity index (χ2v) is 13.7. The van der Waals surface area contributed by atoms with Gasteiger partial charge in [-0.1, -0.05) is 176 Å². The summed E-state index contributed by atoms with van der Waals surface area (Å²) in [6.07, 6.45) is 0. The Morgan fingerprint density at radius 1 is 0.192 bits per heavy atom. The van der Waals surface area contributed by atoms with E-state index in [4.69, 9.17) is 0 Å². The van der Waals surface area contributed by atoms with Gasteiger partial charge in [0.25, 0.3) is 0 Å². The molecule has 0 heterocycles. The van der Waals surface area contributed by atoms with Crippen LogP contribution in [0.5, 0.6) is 0 Å². The van der Waals surface area contributed by atoms with Crippen LogP contribution in [0.3, 0.4) is 0 Å². The van der Waals surface area contributed by atoms with Crippen molar-refractivity contribution in [2.75, 3.05) is 0 Å². The molecule has 0 fully saturated rings. The van der Waals surface area contributed by atoms with E-state index < -0.39 is 0 Å². The topological polar surface area (TPSA) is 0 Å². The predicted octanol–water partition coefficient (Wildman–Crippen LogP) is 14.6. The minimum absolute atomic E-state index is 1.21. The van der Waals surface area contributed by atoms with Gasteiger partial charge in [-0.2, -0.15) is 0 Å². The number of hydrogen-bond acceptors (Lipinski definition) is 0. The van der Waals surface area contributed by atoms with Crippen molar-refractivity contribution >= 4 is 43.1 Å². The van der Waals surface area contributed by atoms with Gasteiger partial charge in [0.15, 0.2) is 0 Å². The quantitative estimate of drug-likeness (QED) is 0.161. The van der Waals surface area contributed by atoms with Gasteiger partial charge in [-0.05, 0) is 129 Å². The van der Waals surface area contributed by atoms with E-state index in [1.165, 1.54) is 98.7 Å². The third-order valence-corrected chi connectivity index (χ3v) is 10.6. The summed E-state index contributed by atoms with van der Waals surface area (Å²) >= 11 is 0. The molecule has 52 heavy (non-hydrogen) atoms. The summed E-state index contributed by atoms with van der Waals surface area (Å²) in [5, 5.41) is 9.95. The van der Waals surface area contributed by atoms with Gasteiger partial charge in [0.2, 0.25) is 0 Å². The largest absolute Gasteiger partial charge is 0.0622 e. The molecule has 242 valence electrons. The van der Waals surface area contributed by atoms with E-state index in [-0.39, 0.29) is 0 Å². The van der Waals surface area contributed by atoms with Crippen molar-refractivity contribution in [3.8, 4) is 55.6 Å². The lowest BCUT2D eigenvalue weighted by Gasteiger charge is -2.22. The van der Waals surface area contributed by atoms with Crippen LogP contribution in [-0.4, -0.2) is 0 Å². The summed E-state index contributed by atoms with van der Waals surface area (Å²) in [5.41, 5.74) is 12.3. The third-order valence-electron chi connectivity index (χ3n) is 10.6. The van der Waals surface area contributed by atoms with Gasteiger partial charge in [-0.25, -0.2) is 0 Å². The molecular formula is C52H34. The zero-order valence-corrected chi connectivity index (χ0v) is 28.6. The van der Waals surface area contributed by atoms with Crippen LogP contribution in [0.1, 0.15) is 0 Å². The Morgan fingerprint density at radius 2 is 0.615 bits per heavy atom. The SMILES string of the molecule is c1ccc(-c2ccc3c(-c4cc5ccccc5cc4-c4ccccc4)c4cc(-c5ccccc5)ccc4c(-c4ccc5ccccc5c4)c3c2)cc1. The van der Waals surface area contributed by atoms with Gasteiger partial charge in [0, 0.05) is 0 Å². The van der Waals surface area contributed by atoms with Crippen molar-refractivity contribution in [3.63, 3.8) is 0 Å². The molecule has 0 bridgehead atoms. The summed E-state index contributed by atoms with van der Waals surface area (Å²) in [7, 11) is 0. The van der Waals surface area contributed by atoms with Crippen LogP contribution < -0.4 is 0 Å².